The van der Waals surface area contributed by atoms with Gasteiger partial charge < -0.3 is 5.11 Å². The van der Waals surface area contributed by atoms with Crippen LogP contribution in [-0.4, -0.2) is 40.2 Å². The Morgan fingerprint density at radius 3 is 2.71 bits per heavy atom. The molecule has 5 rings (SSSR count). The second-order valence-corrected chi connectivity index (χ2v) is 5.97. The van der Waals surface area contributed by atoms with Crippen molar-refractivity contribution in [2.75, 3.05) is 13.1 Å². The Balaban J connectivity index is 1.63. The summed E-state index contributed by atoms with van der Waals surface area (Å²) in [6.45, 7) is 2.12. The summed E-state index contributed by atoms with van der Waals surface area (Å²) in [7, 11) is 0. The molecule has 0 amide bonds. The normalized spacial score (nSPS) is 30.9. The molecule has 1 N–H and O–H groups in total. The van der Waals surface area contributed by atoms with Crippen molar-refractivity contribution in [1.29, 1.82) is 0 Å². The summed E-state index contributed by atoms with van der Waals surface area (Å²) in [4.78, 5) is 6.88. The number of piperidine rings is 3. The van der Waals surface area contributed by atoms with Crippen LogP contribution in [0, 0.1) is 17.8 Å². The first-order valence-corrected chi connectivity index (χ1v) is 7.61. The van der Waals surface area contributed by atoms with Crippen molar-refractivity contribution < 1.29 is 5.11 Å². The van der Waals surface area contributed by atoms with Gasteiger partial charge in [0.2, 0.25) is 0 Å². The zero-order chi connectivity index (χ0) is 14.2. The molecular formula is C18H18N2O. The summed E-state index contributed by atoms with van der Waals surface area (Å²) in [5, 5.41) is 11.5. The highest BCUT2D eigenvalue weighted by atomic mass is 16.3. The van der Waals surface area contributed by atoms with Gasteiger partial charge in [0.1, 0.15) is 5.69 Å². The average Bonchev–Trinajstić information content (AvgIpc) is 2.55. The van der Waals surface area contributed by atoms with Gasteiger partial charge in [0, 0.05) is 5.39 Å². The van der Waals surface area contributed by atoms with Crippen LogP contribution in [0.15, 0.2) is 36.4 Å². The number of aliphatic hydroxyl groups excluding tert-OH is 1. The van der Waals surface area contributed by atoms with Gasteiger partial charge in [-0.1, -0.05) is 30.2 Å². The summed E-state index contributed by atoms with van der Waals surface area (Å²) in [6.07, 6.45) is 1.90. The molecule has 1 aromatic heterocycles. The maximum Gasteiger partial charge on any atom is 0.113 e. The predicted molar refractivity (Wildman–Crippen MR) is 82.7 cm³/mol. The van der Waals surface area contributed by atoms with Gasteiger partial charge in [0.05, 0.1) is 17.7 Å². The first kappa shape index (κ1) is 12.8. The molecule has 3 heteroatoms. The molecule has 21 heavy (non-hydrogen) atoms. The number of benzene rings is 1. The van der Waals surface area contributed by atoms with Crippen LogP contribution in [0.3, 0.4) is 0 Å². The van der Waals surface area contributed by atoms with Gasteiger partial charge in [0.25, 0.3) is 0 Å². The van der Waals surface area contributed by atoms with Crippen LogP contribution in [0.2, 0.25) is 0 Å². The van der Waals surface area contributed by atoms with E-state index in [2.05, 4.69) is 33.9 Å². The Labute approximate surface area is 124 Å². The Hall–Kier alpha value is -1.89. The molecule has 2 aromatic rings. The molecule has 3 saturated heterocycles. The highest BCUT2D eigenvalue weighted by Crippen LogP contribution is 2.31. The van der Waals surface area contributed by atoms with Crippen molar-refractivity contribution >= 4 is 10.9 Å². The minimum Gasteiger partial charge on any atom is -0.390 e. The summed E-state index contributed by atoms with van der Waals surface area (Å²) in [5.41, 5.74) is 1.75. The number of hydrogen-bond acceptors (Lipinski definition) is 3. The van der Waals surface area contributed by atoms with Crippen molar-refractivity contribution in [3.63, 3.8) is 0 Å². The molecule has 4 heterocycles. The highest BCUT2D eigenvalue weighted by Gasteiger charge is 2.40. The lowest BCUT2D eigenvalue weighted by Crippen LogP contribution is -2.57. The van der Waals surface area contributed by atoms with Crippen molar-refractivity contribution in [2.24, 2.45) is 5.92 Å². The van der Waals surface area contributed by atoms with Crippen LogP contribution in [-0.2, 0) is 0 Å². The molecule has 3 aliphatic heterocycles. The number of hydrogen-bond donors (Lipinski definition) is 1. The third kappa shape index (κ3) is 2.31. The van der Waals surface area contributed by atoms with E-state index >= 15 is 0 Å². The molecule has 2 atom stereocenters. The fraction of sp³-hybridized carbons (Fsp3) is 0.389. The molecule has 0 radical (unpaired) electrons. The van der Waals surface area contributed by atoms with E-state index < -0.39 is 0 Å². The van der Waals surface area contributed by atoms with Gasteiger partial charge in [0.15, 0.2) is 0 Å². The quantitative estimate of drug-likeness (QED) is 0.749. The van der Waals surface area contributed by atoms with Gasteiger partial charge in [-0.05, 0) is 49.9 Å². The first-order chi connectivity index (χ1) is 10.3. The Bertz CT molecular complexity index is 721. The number of aromatic nitrogens is 1. The maximum absolute atomic E-state index is 10.3. The molecular weight excluding hydrogens is 260 g/mol. The van der Waals surface area contributed by atoms with E-state index in [0.717, 1.165) is 42.5 Å². The van der Waals surface area contributed by atoms with Crippen molar-refractivity contribution in [2.45, 2.75) is 25.0 Å². The van der Waals surface area contributed by atoms with E-state index in [1.54, 1.807) is 0 Å². The Kier molecular flexibility index (Phi) is 3.14. The van der Waals surface area contributed by atoms with Crippen LogP contribution in [0.25, 0.3) is 10.9 Å². The van der Waals surface area contributed by atoms with E-state index in [1.165, 1.54) is 0 Å². The molecule has 106 valence electrons. The van der Waals surface area contributed by atoms with E-state index in [1.807, 2.05) is 24.3 Å². The topological polar surface area (TPSA) is 36.4 Å². The summed E-state index contributed by atoms with van der Waals surface area (Å²) in [5.74, 6) is 6.84. The molecule has 0 spiro atoms. The second-order valence-electron chi connectivity index (χ2n) is 5.97. The minimum absolute atomic E-state index is 0.0224. The number of rotatable bonds is 0. The zero-order valence-electron chi connectivity index (χ0n) is 11.9. The summed E-state index contributed by atoms with van der Waals surface area (Å²) >= 11 is 0. The lowest BCUT2D eigenvalue weighted by Gasteiger charge is -2.46. The number of nitrogens with zero attached hydrogens (tertiary/aromatic N) is 2. The van der Waals surface area contributed by atoms with Crippen LogP contribution in [0.5, 0.6) is 0 Å². The average molecular weight is 278 g/mol. The van der Waals surface area contributed by atoms with Crippen LogP contribution >= 0.6 is 0 Å². The number of para-hydroxylation sites is 1. The van der Waals surface area contributed by atoms with E-state index in [4.69, 9.17) is 0 Å². The lowest BCUT2D eigenvalue weighted by molar-refractivity contribution is -0.0500. The minimum atomic E-state index is -0.305. The summed E-state index contributed by atoms with van der Waals surface area (Å²) < 4.78 is 0. The standard InChI is InChI=1S/C18H18N2O/c21-18-14-9-11-20(12-10-14)17(18)8-7-15-6-5-13-3-1-2-4-16(13)19-15/h1-6,14,17-18,21H,9-12H2. The molecule has 0 saturated carbocycles. The predicted octanol–water partition coefficient (Wildman–Crippen LogP) is 2.04. The SMILES string of the molecule is OC1C2CCN(CC2)C1C#Cc1ccc2ccccc2n1. The van der Waals surface area contributed by atoms with E-state index in [-0.39, 0.29) is 12.1 Å². The van der Waals surface area contributed by atoms with Crippen molar-refractivity contribution in [1.82, 2.24) is 9.88 Å². The van der Waals surface area contributed by atoms with E-state index in [0.29, 0.717) is 5.92 Å². The van der Waals surface area contributed by atoms with Gasteiger partial charge >= 0.3 is 0 Å². The summed E-state index contributed by atoms with van der Waals surface area (Å²) in [6, 6.07) is 12.0. The fourth-order valence-electron chi connectivity index (χ4n) is 3.47. The molecule has 0 aliphatic carbocycles. The van der Waals surface area contributed by atoms with Gasteiger partial charge in [-0.25, -0.2) is 4.98 Å². The zero-order valence-corrected chi connectivity index (χ0v) is 11.9. The maximum atomic E-state index is 10.3. The third-order valence-electron chi connectivity index (χ3n) is 4.72. The van der Waals surface area contributed by atoms with Crippen LogP contribution < -0.4 is 0 Å². The van der Waals surface area contributed by atoms with Gasteiger partial charge in [-0.2, -0.15) is 0 Å². The number of pyridine rings is 1. The Morgan fingerprint density at radius 2 is 1.90 bits per heavy atom. The largest absolute Gasteiger partial charge is 0.390 e. The van der Waals surface area contributed by atoms with Crippen LogP contribution in [0.4, 0.5) is 0 Å². The van der Waals surface area contributed by atoms with E-state index in [9.17, 15) is 5.11 Å². The molecule has 3 fully saturated rings. The van der Waals surface area contributed by atoms with Crippen LogP contribution in [0.1, 0.15) is 18.5 Å². The smallest absolute Gasteiger partial charge is 0.113 e. The molecule has 3 nitrogen and oxygen atoms in total. The van der Waals surface area contributed by atoms with Gasteiger partial charge in [-0.15, -0.1) is 0 Å². The van der Waals surface area contributed by atoms with Crippen molar-refractivity contribution in [3.05, 3.63) is 42.1 Å². The molecule has 2 bridgehead atoms. The second kappa shape index (κ2) is 5.14. The number of aliphatic hydroxyl groups is 1. The highest BCUT2D eigenvalue weighted by molar-refractivity contribution is 5.78. The third-order valence-corrected chi connectivity index (χ3v) is 4.72. The molecule has 3 aliphatic rings. The monoisotopic (exact) mass is 278 g/mol. The van der Waals surface area contributed by atoms with Gasteiger partial charge in [-0.3, -0.25) is 4.90 Å². The molecule has 1 aromatic carbocycles. The molecule has 2 unspecified atom stereocenters. The fourth-order valence-corrected chi connectivity index (χ4v) is 3.47. The first-order valence-electron chi connectivity index (χ1n) is 7.61. The van der Waals surface area contributed by atoms with Crippen molar-refractivity contribution in [3.8, 4) is 11.8 Å². The lowest BCUT2D eigenvalue weighted by atomic mass is 9.81. The Morgan fingerprint density at radius 1 is 1.10 bits per heavy atom. The number of fused-ring (bicyclic) bond motifs is 4.